The maximum absolute atomic E-state index is 10.6. The summed E-state index contributed by atoms with van der Waals surface area (Å²) in [6.07, 6.45) is 6.27. The standard InChI is InChI=1S/C8H15NO.H3NS/c1-7(10)9-8-5-3-2-4-6-8;1-2/h8H,2-6H2,1H3,(H,9,10);2H,1H2. The van der Waals surface area contributed by atoms with Crippen molar-refractivity contribution >= 4 is 18.7 Å². The topological polar surface area (TPSA) is 55.1 Å². The van der Waals surface area contributed by atoms with Gasteiger partial charge in [-0.2, -0.15) is 0 Å². The van der Waals surface area contributed by atoms with Crippen LogP contribution in [-0.4, -0.2) is 11.9 Å². The predicted molar refractivity (Wildman–Crippen MR) is 53.9 cm³/mol. The molecule has 1 rings (SSSR count). The summed E-state index contributed by atoms with van der Waals surface area (Å²) in [4.78, 5) is 10.6. The van der Waals surface area contributed by atoms with E-state index < -0.39 is 0 Å². The van der Waals surface area contributed by atoms with Crippen molar-refractivity contribution in [3.8, 4) is 0 Å². The van der Waals surface area contributed by atoms with Gasteiger partial charge in [-0.1, -0.05) is 19.3 Å². The summed E-state index contributed by atoms with van der Waals surface area (Å²) in [7, 11) is 0. The van der Waals surface area contributed by atoms with Gasteiger partial charge in [0.1, 0.15) is 0 Å². The minimum atomic E-state index is 0.118. The molecule has 0 bridgehead atoms. The first-order valence-electron chi connectivity index (χ1n) is 4.32. The molecule has 4 heteroatoms. The summed E-state index contributed by atoms with van der Waals surface area (Å²) in [5.74, 6) is 0.118. The van der Waals surface area contributed by atoms with Gasteiger partial charge in [0, 0.05) is 13.0 Å². The summed E-state index contributed by atoms with van der Waals surface area (Å²) >= 11 is 3.03. The van der Waals surface area contributed by atoms with Gasteiger partial charge in [0.2, 0.25) is 5.91 Å². The average molecular weight is 190 g/mol. The fourth-order valence-corrected chi connectivity index (χ4v) is 1.53. The molecule has 0 aromatic heterocycles. The Morgan fingerprint density at radius 2 is 1.83 bits per heavy atom. The van der Waals surface area contributed by atoms with Crippen molar-refractivity contribution in [2.24, 2.45) is 5.14 Å². The van der Waals surface area contributed by atoms with Crippen LogP contribution in [0.15, 0.2) is 0 Å². The fraction of sp³-hybridized carbons (Fsp3) is 0.875. The summed E-state index contributed by atoms with van der Waals surface area (Å²) in [6, 6.07) is 0.478. The summed E-state index contributed by atoms with van der Waals surface area (Å²) < 4.78 is 0. The van der Waals surface area contributed by atoms with E-state index >= 15 is 0 Å². The number of amides is 1. The Morgan fingerprint density at radius 3 is 2.25 bits per heavy atom. The van der Waals surface area contributed by atoms with E-state index in [1.165, 1.54) is 32.1 Å². The molecule has 0 heterocycles. The zero-order valence-corrected chi connectivity index (χ0v) is 8.44. The third-order valence-electron chi connectivity index (χ3n) is 2.01. The molecule has 1 saturated carbocycles. The number of carbonyl (C=O) groups is 1. The van der Waals surface area contributed by atoms with Crippen molar-refractivity contribution < 1.29 is 4.79 Å². The fourth-order valence-electron chi connectivity index (χ4n) is 1.53. The lowest BCUT2D eigenvalue weighted by atomic mass is 9.95. The molecular formula is C8H18N2OS. The number of carbonyl (C=O) groups excluding carboxylic acids is 1. The monoisotopic (exact) mass is 190 g/mol. The Labute approximate surface area is 79.6 Å². The summed E-state index contributed by atoms with van der Waals surface area (Å²) in [6.45, 7) is 1.59. The van der Waals surface area contributed by atoms with Crippen molar-refractivity contribution in [1.82, 2.24) is 5.32 Å². The van der Waals surface area contributed by atoms with Crippen molar-refractivity contribution in [3.05, 3.63) is 0 Å². The molecule has 3 N–H and O–H groups in total. The molecular weight excluding hydrogens is 172 g/mol. The third kappa shape index (κ3) is 5.43. The Kier molecular flexibility index (Phi) is 7.29. The van der Waals surface area contributed by atoms with Gasteiger partial charge in [-0.25, -0.2) is 0 Å². The maximum Gasteiger partial charge on any atom is 0.217 e. The molecule has 0 aromatic carbocycles. The molecule has 3 nitrogen and oxygen atoms in total. The number of thiol groups is 1. The first-order chi connectivity index (χ1) is 5.79. The van der Waals surface area contributed by atoms with E-state index in [9.17, 15) is 4.79 Å². The van der Waals surface area contributed by atoms with Gasteiger partial charge in [-0.15, -0.1) is 12.8 Å². The normalized spacial score (nSPS) is 17.6. The van der Waals surface area contributed by atoms with Crippen molar-refractivity contribution in [2.45, 2.75) is 45.1 Å². The van der Waals surface area contributed by atoms with Gasteiger partial charge < -0.3 is 5.32 Å². The molecule has 0 unspecified atom stereocenters. The molecule has 72 valence electrons. The zero-order valence-electron chi connectivity index (χ0n) is 7.55. The van der Waals surface area contributed by atoms with Gasteiger partial charge in [0.05, 0.1) is 0 Å². The molecule has 1 amide bonds. The Morgan fingerprint density at radius 1 is 1.33 bits per heavy atom. The van der Waals surface area contributed by atoms with E-state index in [2.05, 4.69) is 23.3 Å². The molecule has 12 heavy (non-hydrogen) atoms. The van der Waals surface area contributed by atoms with Crippen LogP contribution in [0, 0.1) is 0 Å². The first kappa shape index (κ1) is 11.8. The predicted octanol–water partition coefficient (Wildman–Crippen LogP) is 1.25. The highest BCUT2D eigenvalue weighted by atomic mass is 32.1. The van der Waals surface area contributed by atoms with Crippen LogP contribution >= 0.6 is 12.8 Å². The van der Waals surface area contributed by atoms with E-state index in [-0.39, 0.29) is 5.91 Å². The van der Waals surface area contributed by atoms with Crippen LogP contribution in [0.5, 0.6) is 0 Å². The summed E-state index contributed by atoms with van der Waals surface area (Å²) in [5.41, 5.74) is 0. The van der Waals surface area contributed by atoms with Gasteiger partial charge in [0.15, 0.2) is 0 Å². The first-order valence-corrected chi connectivity index (χ1v) is 4.83. The maximum atomic E-state index is 10.6. The molecule has 1 aliphatic rings. The van der Waals surface area contributed by atoms with Crippen LogP contribution in [0.3, 0.4) is 0 Å². The smallest absolute Gasteiger partial charge is 0.217 e. The molecule has 0 saturated heterocycles. The molecule has 0 aliphatic heterocycles. The highest BCUT2D eigenvalue weighted by molar-refractivity contribution is 7.77. The molecule has 0 aromatic rings. The van der Waals surface area contributed by atoms with Crippen LogP contribution in [0.1, 0.15) is 39.0 Å². The van der Waals surface area contributed by atoms with Gasteiger partial charge in [0.25, 0.3) is 0 Å². The minimum absolute atomic E-state index is 0.118. The molecule has 0 radical (unpaired) electrons. The minimum Gasteiger partial charge on any atom is -0.354 e. The van der Waals surface area contributed by atoms with Crippen LogP contribution < -0.4 is 10.5 Å². The number of nitrogens with two attached hydrogens (primary N) is 1. The Balaban J connectivity index is 0.000000561. The van der Waals surface area contributed by atoms with E-state index in [4.69, 9.17) is 0 Å². The number of nitrogens with one attached hydrogen (secondary N) is 1. The second-order valence-electron chi connectivity index (χ2n) is 3.04. The Bertz CT molecular complexity index is 124. The molecule has 1 fully saturated rings. The number of hydrogen-bond donors (Lipinski definition) is 3. The third-order valence-corrected chi connectivity index (χ3v) is 2.01. The largest absolute Gasteiger partial charge is 0.354 e. The average Bonchev–Trinajstić information content (AvgIpc) is 2.08. The van der Waals surface area contributed by atoms with E-state index in [1.807, 2.05) is 0 Å². The van der Waals surface area contributed by atoms with E-state index in [0.717, 1.165) is 0 Å². The van der Waals surface area contributed by atoms with Gasteiger partial charge >= 0.3 is 0 Å². The highest BCUT2D eigenvalue weighted by Crippen LogP contribution is 2.16. The van der Waals surface area contributed by atoms with Crippen LogP contribution in [0.2, 0.25) is 0 Å². The van der Waals surface area contributed by atoms with Crippen LogP contribution in [0.4, 0.5) is 0 Å². The van der Waals surface area contributed by atoms with Crippen LogP contribution in [0.25, 0.3) is 0 Å². The lowest BCUT2D eigenvalue weighted by molar-refractivity contribution is -0.119. The zero-order chi connectivity index (χ0) is 9.40. The molecule has 1 aliphatic carbocycles. The van der Waals surface area contributed by atoms with E-state index in [1.54, 1.807) is 6.92 Å². The van der Waals surface area contributed by atoms with E-state index in [0.29, 0.717) is 6.04 Å². The lowest BCUT2D eigenvalue weighted by Gasteiger charge is -2.21. The SMILES string of the molecule is CC(=O)NC1CCCCC1.NS. The molecule has 0 atom stereocenters. The Hall–Kier alpha value is -0.220. The van der Waals surface area contributed by atoms with Gasteiger partial charge in [-0.3, -0.25) is 9.93 Å². The second kappa shape index (κ2) is 7.43. The van der Waals surface area contributed by atoms with Crippen molar-refractivity contribution in [2.75, 3.05) is 0 Å². The molecule has 0 spiro atoms. The number of rotatable bonds is 1. The lowest BCUT2D eigenvalue weighted by Crippen LogP contribution is -2.34. The summed E-state index contributed by atoms with van der Waals surface area (Å²) in [5, 5.41) is 7.14. The second-order valence-corrected chi connectivity index (χ2v) is 3.04. The number of hydrogen-bond acceptors (Lipinski definition) is 3. The van der Waals surface area contributed by atoms with Gasteiger partial charge in [-0.05, 0) is 12.8 Å². The van der Waals surface area contributed by atoms with Crippen molar-refractivity contribution in [3.63, 3.8) is 0 Å². The quantitative estimate of drug-likeness (QED) is 0.545. The highest BCUT2D eigenvalue weighted by Gasteiger charge is 2.12. The van der Waals surface area contributed by atoms with Crippen molar-refractivity contribution in [1.29, 1.82) is 0 Å². The van der Waals surface area contributed by atoms with Crippen LogP contribution in [-0.2, 0) is 4.79 Å².